The summed E-state index contributed by atoms with van der Waals surface area (Å²) in [6.07, 6.45) is 8.91. The minimum absolute atomic E-state index is 0.103. The van der Waals surface area contributed by atoms with Crippen LogP contribution >= 0.6 is 0 Å². The molecule has 3 aliphatic heterocycles. The minimum Gasteiger partial charge on any atom is -0.496 e. The van der Waals surface area contributed by atoms with Crippen molar-refractivity contribution in [2.24, 2.45) is 0 Å². The average Bonchev–Trinajstić information content (AvgIpc) is 2.92. The van der Waals surface area contributed by atoms with Gasteiger partial charge in [-0.15, -0.1) is 0 Å². The van der Waals surface area contributed by atoms with Crippen LogP contribution in [0.3, 0.4) is 0 Å². The number of fused-ring (bicyclic) bond motifs is 2. The number of piperidine rings is 1. The van der Waals surface area contributed by atoms with E-state index >= 15 is 0 Å². The van der Waals surface area contributed by atoms with Crippen LogP contribution in [0.25, 0.3) is 6.08 Å². The second-order valence-electron chi connectivity index (χ2n) is 8.62. The van der Waals surface area contributed by atoms with Gasteiger partial charge in [-0.3, -0.25) is 9.69 Å². The van der Waals surface area contributed by atoms with Gasteiger partial charge >= 0.3 is 0 Å². The third-order valence-electron chi connectivity index (χ3n) is 7.01. The van der Waals surface area contributed by atoms with E-state index in [-0.39, 0.29) is 5.91 Å². The number of methoxy groups -OCH3 is 1. The Bertz CT molecular complexity index is 725. The number of carbonyl (C=O) groups is 1. The Labute approximate surface area is 168 Å². The average molecular weight is 384 g/mol. The lowest BCUT2D eigenvalue weighted by molar-refractivity contribution is -0.128. The molecule has 4 rings (SSSR count). The largest absolute Gasteiger partial charge is 0.496 e. The van der Waals surface area contributed by atoms with Gasteiger partial charge in [-0.25, -0.2) is 0 Å². The van der Waals surface area contributed by atoms with E-state index in [0.29, 0.717) is 6.04 Å². The van der Waals surface area contributed by atoms with Gasteiger partial charge < -0.3 is 14.5 Å². The van der Waals surface area contributed by atoms with Gasteiger partial charge in [-0.2, -0.15) is 0 Å². The molecular formula is C23H33N3O2. The maximum absolute atomic E-state index is 12.7. The van der Waals surface area contributed by atoms with E-state index in [4.69, 9.17) is 4.74 Å². The number of ether oxygens (including phenoxy) is 1. The number of hydrogen-bond acceptors (Lipinski definition) is 4. The van der Waals surface area contributed by atoms with Crippen LogP contribution in [-0.2, 0) is 4.79 Å². The Kier molecular flexibility index (Phi) is 5.74. The summed E-state index contributed by atoms with van der Waals surface area (Å²) in [5.74, 6) is 0.906. The molecule has 0 spiro atoms. The first-order valence-corrected chi connectivity index (χ1v) is 10.6. The highest BCUT2D eigenvalue weighted by atomic mass is 16.5. The second-order valence-corrected chi connectivity index (χ2v) is 8.62. The van der Waals surface area contributed by atoms with E-state index in [1.54, 1.807) is 13.2 Å². The fourth-order valence-corrected chi connectivity index (χ4v) is 5.24. The lowest BCUT2D eigenvalue weighted by Gasteiger charge is -2.44. The molecule has 0 saturated carbocycles. The molecular weight excluding hydrogens is 350 g/mol. The van der Waals surface area contributed by atoms with Crippen molar-refractivity contribution in [2.45, 2.75) is 50.7 Å². The molecule has 1 aromatic carbocycles. The molecule has 3 heterocycles. The Hall–Kier alpha value is -1.85. The van der Waals surface area contributed by atoms with Gasteiger partial charge in [0.25, 0.3) is 0 Å². The summed E-state index contributed by atoms with van der Waals surface area (Å²) in [6, 6.07) is 8.28. The van der Waals surface area contributed by atoms with Crippen LogP contribution in [0.5, 0.6) is 5.75 Å². The van der Waals surface area contributed by atoms with Crippen LogP contribution in [0.1, 0.15) is 36.8 Å². The Morgan fingerprint density at radius 2 is 1.75 bits per heavy atom. The summed E-state index contributed by atoms with van der Waals surface area (Å²) in [5, 5.41) is 0. The first-order valence-electron chi connectivity index (χ1n) is 10.6. The molecule has 152 valence electrons. The van der Waals surface area contributed by atoms with Gasteiger partial charge in [-0.05, 0) is 57.9 Å². The van der Waals surface area contributed by atoms with Crippen molar-refractivity contribution < 1.29 is 9.53 Å². The van der Waals surface area contributed by atoms with Crippen molar-refractivity contribution in [3.8, 4) is 5.75 Å². The van der Waals surface area contributed by atoms with E-state index in [2.05, 4.69) is 22.9 Å². The van der Waals surface area contributed by atoms with E-state index < -0.39 is 0 Å². The number of nitrogens with zero attached hydrogens (tertiary/aromatic N) is 3. The van der Waals surface area contributed by atoms with Gasteiger partial charge in [-0.1, -0.05) is 11.6 Å². The topological polar surface area (TPSA) is 36.0 Å². The van der Waals surface area contributed by atoms with Gasteiger partial charge in [0.1, 0.15) is 5.75 Å². The molecule has 3 aliphatic rings. The molecule has 0 aromatic heterocycles. The molecule has 0 aliphatic carbocycles. The van der Waals surface area contributed by atoms with Crippen molar-refractivity contribution in [3.63, 3.8) is 0 Å². The SMILES string of the molecule is COc1ccc(C)cc1C=CC(=O)N1CCN(C2CC3CCC(C2)N3C)CC1. The molecule has 1 amide bonds. The van der Waals surface area contributed by atoms with Crippen molar-refractivity contribution in [3.05, 3.63) is 35.4 Å². The van der Waals surface area contributed by atoms with Crippen molar-refractivity contribution in [1.29, 1.82) is 0 Å². The highest BCUT2D eigenvalue weighted by Crippen LogP contribution is 2.36. The summed E-state index contributed by atoms with van der Waals surface area (Å²) in [5.41, 5.74) is 2.12. The zero-order valence-corrected chi connectivity index (χ0v) is 17.4. The number of aryl methyl sites for hydroxylation is 1. The van der Waals surface area contributed by atoms with Crippen LogP contribution in [-0.4, -0.2) is 79.1 Å². The van der Waals surface area contributed by atoms with Crippen LogP contribution in [0.15, 0.2) is 24.3 Å². The fraction of sp³-hybridized carbons (Fsp3) is 0.609. The van der Waals surface area contributed by atoms with Crippen LogP contribution in [0.4, 0.5) is 0 Å². The standard InChI is InChI=1S/C23H33N3O2/c1-17-4-8-22(28-3)18(14-17)5-9-23(27)26-12-10-25(11-13-26)21-15-19-6-7-20(16-21)24(19)2/h4-5,8-9,14,19-21H,6-7,10-13,15-16H2,1-3H3. The molecule has 2 unspecified atom stereocenters. The number of piperazine rings is 1. The monoisotopic (exact) mass is 383 g/mol. The Morgan fingerprint density at radius 1 is 1.07 bits per heavy atom. The molecule has 3 fully saturated rings. The van der Waals surface area contributed by atoms with E-state index in [9.17, 15) is 4.79 Å². The number of rotatable bonds is 4. The number of benzene rings is 1. The van der Waals surface area contributed by atoms with Crippen molar-refractivity contribution >= 4 is 12.0 Å². The number of carbonyl (C=O) groups excluding carboxylic acids is 1. The summed E-state index contributed by atoms with van der Waals surface area (Å²) < 4.78 is 5.40. The quantitative estimate of drug-likeness (QED) is 0.749. The van der Waals surface area contributed by atoms with Gasteiger partial charge in [0.05, 0.1) is 7.11 Å². The molecule has 28 heavy (non-hydrogen) atoms. The minimum atomic E-state index is 0.103. The first-order chi connectivity index (χ1) is 13.5. The number of amides is 1. The normalized spacial score (nSPS) is 28.8. The van der Waals surface area contributed by atoms with Gasteiger partial charge in [0.2, 0.25) is 5.91 Å². The van der Waals surface area contributed by atoms with Gasteiger partial charge in [0.15, 0.2) is 0 Å². The lowest BCUT2D eigenvalue weighted by Crippen LogP contribution is -2.55. The Morgan fingerprint density at radius 3 is 2.39 bits per heavy atom. The third kappa shape index (κ3) is 3.96. The summed E-state index contributed by atoms with van der Waals surface area (Å²) in [6.45, 7) is 5.71. The van der Waals surface area contributed by atoms with E-state index in [1.165, 1.54) is 25.7 Å². The molecule has 3 saturated heterocycles. The molecule has 5 heteroatoms. The van der Waals surface area contributed by atoms with Crippen LogP contribution in [0, 0.1) is 6.92 Å². The smallest absolute Gasteiger partial charge is 0.246 e. The predicted molar refractivity (Wildman–Crippen MR) is 113 cm³/mol. The zero-order valence-electron chi connectivity index (χ0n) is 17.4. The summed E-state index contributed by atoms with van der Waals surface area (Å²) in [7, 11) is 3.96. The molecule has 0 radical (unpaired) electrons. The maximum atomic E-state index is 12.7. The highest BCUT2D eigenvalue weighted by molar-refractivity contribution is 5.92. The number of hydrogen-bond donors (Lipinski definition) is 0. The first kappa shape index (κ1) is 19.5. The van der Waals surface area contributed by atoms with E-state index in [0.717, 1.165) is 55.1 Å². The summed E-state index contributed by atoms with van der Waals surface area (Å²) >= 11 is 0. The fourth-order valence-electron chi connectivity index (χ4n) is 5.24. The Balaban J connectivity index is 1.31. The van der Waals surface area contributed by atoms with Gasteiger partial charge in [0, 0.05) is 55.9 Å². The van der Waals surface area contributed by atoms with E-state index in [1.807, 2.05) is 30.0 Å². The molecule has 0 N–H and O–H groups in total. The highest BCUT2D eigenvalue weighted by Gasteiger charge is 2.40. The third-order valence-corrected chi connectivity index (χ3v) is 7.01. The van der Waals surface area contributed by atoms with Crippen LogP contribution < -0.4 is 4.74 Å². The molecule has 1 aromatic rings. The summed E-state index contributed by atoms with van der Waals surface area (Å²) in [4.78, 5) is 19.9. The zero-order chi connectivity index (χ0) is 19.7. The molecule has 5 nitrogen and oxygen atoms in total. The molecule has 2 bridgehead atoms. The lowest BCUT2D eigenvalue weighted by atomic mass is 9.96. The maximum Gasteiger partial charge on any atom is 0.246 e. The predicted octanol–water partition coefficient (Wildman–Crippen LogP) is 2.79. The van der Waals surface area contributed by atoms with Crippen LogP contribution in [0.2, 0.25) is 0 Å². The second kappa shape index (κ2) is 8.26. The van der Waals surface area contributed by atoms with Crippen molar-refractivity contribution in [2.75, 3.05) is 40.3 Å². The molecule has 2 atom stereocenters. The van der Waals surface area contributed by atoms with Crippen molar-refractivity contribution in [1.82, 2.24) is 14.7 Å².